The Hall–Kier alpha value is -4.21. The quantitative estimate of drug-likeness (QED) is 0.666. The highest BCUT2D eigenvalue weighted by atomic mass is 16.2. The van der Waals surface area contributed by atoms with E-state index < -0.39 is 24.3 Å². The molecule has 160 valence electrons. The van der Waals surface area contributed by atoms with E-state index in [2.05, 4.69) is 25.3 Å². The molecule has 0 unspecified atom stereocenters. The van der Waals surface area contributed by atoms with Crippen LogP contribution in [0, 0.1) is 6.92 Å². The van der Waals surface area contributed by atoms with Crippen LogP contribution >= 0.6 is 0 Å². The van der Waals surface area contributed by atoms with Crippen molar-refractivity contribution in [3.63, 3.8) is 0 Å². The minimum atomic E-state index is -0.586. The average molecular weight is 429 g/mol. The molecule has 3 aromatic rings. The highest BCUT2D eigenvalue weighted by Gasteiger charge is 2.42. The van der Waals surface area contributed by atoms with Gasteiger partial charge < -0.3 is 10.2 Å². The summed E-state index contributed by atoms with van der Waals surface area (Å²) < 4.78 is 0. The van der Waals surface area contributed by atoms with Gasteiger partial charge in [-0.25, -0.2) is 19.9 Å². The largest absolute Gasteiger partial charge is 0.342 e. The first-order chi connectivity index (χ1) is 15.6. The van der Waals surface area contributed by atoms with Gasteiger partial charge in [0, 0.05) is 30.8 Å². The fourth-order valence-corrected chi connectivity index (χ4v) is 3.73. The zero-order valence-corrected chi connectivity index (χ0v) is 17.2. The molecule has 4 heterocycles. The number of hydrogen-bond donors (Lipinski definition) is 1. The zero-order valence-electron chi connectivity index (χ0n) is 17.2. The molecule has 2 aliphatic rings. The summed E-state index contributed by atoms with van der Waals surface area (Å²) in [7, 11) is 0. The summed E-state index contributed by atoms with van der Waals surface area (Å²) in [5, 5.41) is 2.52. The van der Waals surface area contributed by atoms with Crippen molar-refractivity contribution in [2.24, 2.45) is 0 Å². The SMILES string of the molecule is Cc1ccnc2c1N(C(=O)CNC(=O)c1cnccn1)C(=O)c1cccnc1N2C1CC1. The molecular formula is C22H19N7O3. The maximum absolute atomic E-state index is 13.6. The van der Waals surface area contributed by atoms with Crippen LogP contribution in [0.3, 0.4) is 0 Å². The van der Waals surface area contributed by atoms with E-state index in [9.17, 15) is 14.4 Å². The molecule has 0 saturated heterocycles. The molecule has 1 saturated carbocycles. The Labute approximate surface area is 183 Å². The lowest BCUT2D eigenvalue weighted by molar-refractivity contribution is -0.117. The van der Waals surface area contributed by atoms with Gasteiger partial charge in [0.05, 0.1) is 24.0 Å². The highest BCUT2D eigenvalue weighted by molar-refractivity contribution is 6.26. The van der Waals surface area contributed by atoms with Crippen molar-refractivity contribution in [1.29, 1.82) is 0 Å². The predicted octanol–water partition coefficient (Wildman–Crippen LogP) is 1.79. The molecule has 3 amide bonds. The summed E-state index contributed by atoms with van der Waals surface area (Å²) >= 11 is 0. The maximum Gasteiger partial charge on any atom is 0.271 e. The fraction of sp³-hybridized carbons (Fsp3) is 0.227. The number of rotatable bonds is 4. The van der Waals surface area contributed by atoms with E-state index in [1.165, 1.54) is 18.6 Å². The van der Waals surface area contributed by atoms with Crippen molar-refractivity contribution in [2.45, 2.75) is 25.8 Å². The molecule has 0 radical (unpaired) electrons. The first kappa shape index (κ1) is 19.7. The van der Waals surface area contributed by atoms with Crippen LogP contribution in [0.25, 0.3) is 0 Å². The monoisotopic (exact) mass is 429 g/mol. The number of imide groups is 1. The smallest absolute Gasteiger partial charge is 0.271 e. The van der Waals surface area contributed by atoms with Gasteiger partial charge in [-0.1, -0.05) is 0 Å². The van der Waals surface area contributed by atoms with E-state index >= 15 is 0 Å². The lowest BCUT2D eigenvalue weighted by Gasteiger charge is -2.26. The normalized spacial score (nSPS) is 15.0. The summed E-state index contributed by atoms with van der Waals surface area (Å²) in [6.45, 7) is 1.43. The summed E-state index contributed by atoms with van der Waals surface area (Å²) in [6.07, 6.45) is 9.30. The van der Waals surface area contributed by atoms with Crippen LogP contribution in [0.5, 0.6) is 0 Å². The highest BCUT2D eigenvalue weighted by Crippen LogP contribution is 2.45. The number of fused-ring (bicyclic) bond motifs is 2. The van der Waals surface area contributed by atoms with Crippen molar-refractivity contribution in [3.05, 3.63) is 66.0 Å². The van der Waals surface area contributed by atoms with Gasteiger partial charge >= 0.3 is 0 Å². The Morgan fingerprint density at radius 1 is 1.06 bits per heavy atom. The summed E-state index contributed by atoms with van der Waals surface area (Å²) in [5.41, 5.74) is 1.51. The van der Waals surface area contributed by atoms with Crippen molar-refractivity contribution in [2.75, 3.05) is 16.3 Å². The molecule has 1 N–H and O–H groups in total. The van der Waals surface area contributed by atoms with Gasteiger partial charge in [-0.3, -0.25) is 19.4 Å². The van der Waals surface area contributed by atoms with Crippen molar-refractivity contribution >= 4 is 35.0 Å². The van der Waals surface area contributed by atoms with Gasteiger partial charge in [0.25, 0.3) is 17.7 Å². The van der Waals surface area contributed by atoms with Gasteiger partial charge in [-0.05, 0) is 43.5 Å². The molecule has 1 aliphatic carbocycles. The summed E-state index contributed by atoms with van der Waals surface area (Å²) in [5.74, 6) is -0.659. The van der Waals surface area contributed by atoms with E-state index in [4.69, 9.17) is 0 Å². The Bertz CT molecular complexity index is 1230. The van der Waals surface area contributed by atoms with Gasteiger partial charge in [0.2, 0.25) is 0 Å². The Balaban J connectivity index is 1.54. The van der Waals surface area contributed by atoms with E-state index in [0.717, 1.165) is 23.3 Å². The second-order valence-corrected chi connectivity index (χ2v) is 7.58. The fourth-order valence-electron chi connectivity index (χ4n) is 3.73. The number of amides is 3. The molecule has 0 spiro atoms. The molecule has 32 heavy (non-hydrogen) atoms. The third kappa shape index (κ3) is 3.35. The lowest BCUT2D eigenvalue weighted by Crippen LogP contribution is -2.44. The van der Waals surface area contributed by atoms with Crippen LogP contribution in [0.2, 0.25) is 0 Å². The Morgan fingerprint density at radius 3 is 2.62 bits per heavy atom. The van der Waals surface area contributed by atoms with E-state index in [-0.39, 0.29) is 11.7 Å². The van der Waals surface area contributed by atoms with Crippen molar-refractivity contribution < 1.29 is 14.4 Å². The third-order valence-electron chi connectivity index (χ3n) is 5.36. The van der Waals surface area contributed by atoms with Crippen LogP contribution in [0.4, 0.5) is 17.3 Å². The standard InChI is InChI=1S/C22H19N7O3/c1-13-6-8-26-20-18(13)29(17(30)12-27-21(31)16-11-23-9-10-24-16)22(32)15-3-2-7-25-19(15)28(20)14-4-5-14/h2-3,6-11,14H,4-5,12H2,1H3,(H,27,31). The second-order valence-electron chi connectivity index (χ2n) is 7.58. The van der Waals surface area contributed by atoms with Gasteiger partial charge in [0.15, 0.2) is 5.82 Å². The molecule has 0 atom stereocenters. The van der Waals surface area contributed by atoms with Crippen LogP contribution in [-0.2, 0) is 4.79 Å². The number of carbonyl (C=O) groups excluding carboxylic acids is 3. The first-order valence-corrected chi connectivity index (χ1v) is 10.2. The van der Waals surface area contributed by atoms with Crippen LogP contribution in [-0.4, -0.2) is 50.2 Å². The van der Waals surface area contributed by atoms with Crippen LogP contribution in [0.15, 0.2) is 49.2 Å². The summed E-state index contributed by atoms with van der Waals surface area (Å²) in [4.78, 5) is 59.0. The second kappa shape index (κ2) is 7.80. The molecule has 1 fully saturated rings. The number of aryl methyl sites for hydroxylation is 1. The number of nitrogens with one attached hydrogen (secondary N) is 1. The lowest BCUT2D eigenvalue weighted by atomic mass is 10.2. The minimum absolute atomic E-state index is 0.0789. The Morgan fingerprint density at radius 2 is 1.88 bits per heavy atom. The molecular weight excluding hydrogens is 410 g/mol. The van der Waals surface area contributed by atoms with Gasteiger partial charge in [-0.2, -0.15) is 0 Å². The van der Waals surface area contributed by atoms with Gasteiger partial charge in [0.1, 0.15) is 11.5 Å². The predicted molar refractivity (Wildman–Crippen MR) is 115 cm³/mol. The molecule has 5 rings (SSSR count). The Kier molecular flexibility index (Phi) is 4.81. The van der Waals surface area contributed by atoms with E-state index in [1.54, 1.807) is 30.6 Å². The first-order valence-electron chi connectivity index (χ1n) is 10.2. The number of carbonyl (C=O) groups is 3. The number of anilines is 3. The maximum atomic E-state index is 13.6. The molecule has 10 nitrogen and oxygen atoms in total. The topological polar surface area (TPSA) is 121 Å². The minimum Gasteiger partial charge on any atom is -0.342 e. The van der Waals surface area contributed by atoms with Crippen LogP contribution < -0.4 is 15.1 Å². The average Bonchev–Trinajstić information content (AvgIpc) is 3.65. The van der Waals surface area contributed by atoms with Crippen molar-refractivity contribution in [1.82, 2.24) is 25.3 Å². The van der Waals surface area contributed by atoms with E-state index in [0.29, 0.717) is 22.9 Å². The number of pyridine rings is 2. The molecule has 3 aromatic heterocycles. The molecule has 0 aromatic carbocycles. The number of nitrogens with zero attached hydrogens (tertiary/aromatic N) is 6. The molecule has 0 bridgehead atoms. The van der Waals surface area contributed by atoms with Gasteiger partial charge in [-0.15, -0.1) is 0 Å². The molecule has 10 heteroatoms. The number of hydrogen-bond acceptors (Lipinski definition) is 8. The van der Waals surface area contributed by atoms with Crippen molar-refractivity contribution in [3.8, 4) is 0 Å². The third-order valence-corrected chi connectivity index (χ3v) is 5.36. The van der Waals surface area contributed by atoms with E-state index in [1.807, 2.05) is 11.8 Å². The molecule has 1 aliphatic heterocycles. The number of aromatic nitrogens is 4. The van der Waals surface area contributed by atoms with Crippen LogP contribution in [0.1, 0.15) is 39.3 Å². The zero-order chi connectivity index (χ0) is 22.2. The summed E-state index contributed by atoms with van der Waals surface area (Å²) in [6, 6.07) is 5.23.